The summed E-state index contributed by atoms with van der Waals surface area (Å²) in [5.74, 6) is -1.29. The first kappa shape index (κ1) is 12.4. The summed E-state index contributed by atoms with van der Waals surface area (Å²) in [6.45, 7) is -0.322. The van der Waals surface area contributed by atoms with Gasteiger partial charge in [0.2, 0.25) is 0 Å². The second kappa shape index (κ2) is 4.02. The van der Waals surface area contributed by atoms with Gasteiger partial charge in [-0.2, -0.15) is 13.2 Å². The number of fused-ring (bicyclic) bond motifs is 1. The quantitative estimate of drug-likeness (QED) is 0.773. The molecule has 0 radical (unpaired) electrons. The van der Waals surface area contributed by atoms with Crippen molar-refractivity contribution in [1.82, 2.24) is 4.98 Å². The minimum Gasteiger partial charge on any atom is -0.478 e. The van der Waals surface area contributed by atoms with Crippen molar-refractivity contribution in [2.75, 3.05) is 0 Å². The van der Waals surface area contributed by atoms with Gasteiger partial charge in [-0.1, -0.05) is 12.1 Å². The molecule has 0 fully saturated rings. The first-order chi connectivity index (χ1) is 8.36. The van der Waals surface area contributed by atoms with Crippen molar-refractivity contribution in [2.24, 2.45) is 5.73 Å². The summed E-state index contributed by atoms with van der Waals surface area (Å²) < 4.78 is 38.3. The number of rotatable bonds is 2. The van der Waals surface area contributed by atoms with Gasteiger partial charge in [-0.15, -0.1) is 0 Å². The standard InChI is InChI=1S/C11H9F3N2O2/c12-11(13,14)9-7(4-15)5-2-1-3-6(10(17)18)8(5)16-9/h1-3,16H,4,15H2,(H,17,18). The van der Waals surface area contributed by atoms with Gasteiger partial charge >= 0.3 is 12.1 Å². The molecule has 96 valence electrons. The Balaban J connectivity index is 2.84. The fraction of sp³-hybridized carbons (Fsp3) is 0.182. The number of alkyl halides is 3. The number of carbonyl (C=O) groups is 1. The Hall–Kier alpha value is -2.02. The number of aromatic amines is 1. The van der Waals surface area contributed by atoms with E-state index in [1.807, 2.05) is 0 Å². The van der Waals surface area contributed by atoms with Crippen LogP contribution in [-0.2, 0) is 12.7 Å². The predicted octanol–water partition coefficient (Wildman–Crippen LogP) is 2.34. The number of hydrogen-bond donors (Lipinski definition) is 3. The Morgan fingerprint density at radius 3 is 2.56 bits per heavy atom. The van der Waals surface area contributed by atoms with E-state index in [1.54, 1.807) is 0 Å². The van der Waals surface area contributed by atoms with E-state index in [0.29, 0.717) is 0 Å². The highest BCUT2D eigenvalue weighted by Crippen LogP contribution is 2.36. The summed E-state index contributed by atoms with van der Waals surface area (Å²) in [4.78, 5) is 13.1. The van der Waals surface area contributed by atoms with E-state index in [4.69, 9.17) is 10.8 Å². The van der Waals surface area contributed by atoms with Gasteiger partial charge in [0.05, 0.1) is 11.1 Å². The maximum absolute atomic E-state index is 12.8. The average Bonchev–Trinajstić information content (AvgIpc) is 2.66. The average molecular weight is 258 g/mol. The van der Waals surface area contributed by atoms with Gasteiger partial charge in [-0.25, -0.2) is 4.79 Å². The number of aromatic nitrogens is 1. The van der Waals surface area contributed by atoms with Crippen LogP contribution >= 0.6 is 0 Å². The van der Waals surface area contributed by atoms with Crippen LogP contribution in [0.15, 0.2) is 18.2 Å². The molecule has 0 aliphatic heterocycles. The molecule has 0 saturated carbocycles. The molecular formula is C11H9F3N2O2. The molecule has 0 atom stereocenters. The number of carboxylic acid groups (broad SMARTS) is 1. The molecule has 0 bridgehead atoms. The van der Waals surface area contributed by atoms with Crippen LogP contribution in [0, 0.1) is 0 Å². The number of carboxylic acids is 1. The third-order valence-corrected chi connectivity index (χ3v) is 2.66. The van der Waals surface area contributed by atoms with Crippen molar-refractivity contribution in [3.05, 3.63) is 35.0 Å². The van der Waals surface area contributed by atoms with Gasteiger partial charge in [0.1, 0.15) is 5.69 Å². The van der Waals surface area contributed by atoms with Crippen molar-refractivity contribution in [3.8, 4) is 0 Å². The topological polar surface area (TPSA) is 79.1 Å². The minimum atomic E-state index is -4.59. The molecule has 2 aromatic rings. The smallest absolute Gasteiger partial charge is 0.431 e. The minimum absolute atomic E-state index is 0.0576. The van der Waals surface area contributed by atoms with Crippen LogP contribution in [0.5, 0.6) is 0 Å². The Bertz CT molecular complexity index is 617. The summed E-state index contributed by atoms with van der Waals surface area (Å²) in [6, 6.07) is 4.04. The van der Waals surface area contributed by atoms with E-state index in [2.05, 4.69) is 4.98 Å². The van der Waals surface area contributed by atoms with Crippen LogP contribution in [0.25, 0.3) is 10.9 Å². The van der Waals surface area contributed by atoms with Crippen LogP contribution in [0.3, 0.4) is 0 Å². The second-order valence-corrected chi connectivity index (χ2v) is 3.71. The summed E-state index contributed by atoms with van der Waals surface area (Å²) in [5, 5.41) is 9.11. The van der Waals surface area contributed by atoms with E-state index < -0.39 is 17.8 Å². The summed E-state index contributed by atoms with van der Waals surface area (Å²) in [6.07, 6.45) is -4.59. The zero-order valence-electron chi connectivity index (χ0n) is 9.01. The van der Waals surface area contributed by atoms with Gasteiger partial charge in [0.15, 0.2) is 0 Å². The Morgan fingerprint density at radius 1 is 1.39 bits per heavy atom. The number of halogens is 3. The van der Waals surface area contributed by atoms with E-state index >= 15 is 0 Å². The lowest BCUT2D eigenvalue weighted by Crippen LogP contribution is -2.11. The summed E-state index contributed by atoms with van der Waals surface area (Å²) in [5.41, 5.74) is 3.93. The highest BCUT2D eigenvalue weighted by atomic mass is 19.4. The number of para-hydroxylation sites is 1. The van der Waals surface area contributed by atoms with Gasteiger partial charge < -0.3 is 15.8 Å². The van der Waals surface area contributed by atoms with Crippen LogP contribution in [0.1, 0.15) is 21.6 Å². The number of nitrogens with one attached hydrogen (secondary N) is 1. The highest BCUT2D eigenvalue weighted by molar-refractivity contribution is 6.03. The molecule has 7 heteroatoms. The van der Waals surface area contributed by atoms with Crippen molar-refractivity contribution in [3.63, 3.8) is 0 Å². The maximum Gasteiger partial charge on any atom is 0.431 e. The van der Waals surface area contributed by atoms with Crippen LogP contribution < -0.4 is 5.73 Å². The molecule has 0 saturated heterocycles. The second-order valence-electron chi connectivity index (χ2n) is 3.71. The molecule has 4 nitrogen and oxygen atoms in total. The molecule has 1 heterocycles. The number of benzene rings is 1. The Labute approximate surface area is 99.2 Å². The fourth-order valence-electron chi connectivity index (χ4n) is 1.91. The lowest BCUT2D eigenvalue weighted by molar-refractivity contribution is -0.141. The molecule has 0 unspecified atom stereocenters. The number of H-pyrrole nitrogens is 1. The zero-order chi connectivity index (χ0) is 13.5. The molecule has 1 aromatic heterocycles. The van der Waals surface area contributed by atoms with Crippen LogP contribution in [0.2, 0.25) is 0 Å². The summed E-state index contributed by atoms with van der Waals surface area (Å²) >= 11 is 0. The Kier molecular flexibility index (Phi) is 2.78. The van der Waals surface area contributed by atoms with Gasteiger partial charge in [-0.3, -0.25) is 0 Å². The van der Waals surface area contributed by atoms with Crippen molar-refractivity contribution < 1.29 is 23.1 Å². The lowest BCUT2D eigenvalue weighted by atomic mass is 10.1. The third kappa shape index (κ3) is 1.82. The van der Waals surface area contributed by atoms with Crippen LogP contribution in [-0.4, -0.2) is 16.1 Å². The lowest BCUT2D eigenvalue weighted by Gasteiger charge is -2.05. The Morgan fingerprint density at radius 2 is 2.06 bits per heavy atom. The largest absolute Gasteiger partial charge is 0.478 e. The number of hydrogen-bond acceptors (Lipinski definition) is 2. The molecule has 4 N–H and O–H groups in total. The van der Waals surface area contributed by atoms with Crippen molar-refractivity contribution in [1.29, 1.82) is 0 Å². The van der Waals surface area contributed by atoms with Gasteiger partial charge in [0.25, 0.3) is 0 Å². The predicted molar refractivity (Wildman–Crippen MR) is 58.2 cm³/mol. The first-order valence-corrected chi connectivity index (χ1v) is 5.00. The molecular weight excluding hydrogens is 249 g/mol. The van der Waals surface area contributed by atoms with Crippen molar-refractivity contribution in [2.45, 2.75) is 12.7 Å². The van der Waals surface area contributed by atoms with E-state index in [1.165, 1.54) is 18.2 Å². The molecule has 0 aliphatic rings. The fourth-order valence-corrected chi connectivity index (χ4v) is 1.91. The van der Waals surface area contributed by atoms with E-state index in [9.17, 15) is 18.0 Å². The molecule has 0 amide bonds. The monoisotopic (exact) mass is 258 g/mol. The normalized spacial score (nSPS) is 12.0. The molecule has 1 aromatic carbocycles. The summed E-state index contributed by atoms with van der Waals surface area (Å²) in [7, 11) is 0. The third-order valence-electron chi connectivity index (χ3n) is 2.66. The van der Waals surface area contributed by atoms with E-state index in [0.717, 1.165) is 0 Å². The molecule has 0 aliphatic carbocycles. The SMILES string of the molecule is NCc1c(C(F)(F)F)[nH]c2c(C(=O)O)cccc12. The molecule has 18 heavy (non-hydrogen) atoms. The van der Waals surface area contributed by atoms with E-state index in [-0.39, 0.29) is 28.6 Å². The van der Waals surface area contributed by atoms with Crippen molar-refractivity contribution >= 4 is 16.9 Å². The van der Waals surface area contributed by atoms with Gasteiger partial charge in [0, 0.05) is 17.5 Å². The molecule has 2 rings (SSSR count). The zero-order valence-corrected chi connectivity index (χ0v) is 9.01. The molecule has 0 spiro atoms. The first-order valence-electron chi connectivity index (χ1n) is 5.00. The number of nitrogens with two attached hydrogens (primary N) is 1. The number of aromatic carboxylic acids is 1. The maximum atomic E-state index is 12.8. The highest BCUT2D eigenvalue weighted by Gasteiger charge is 2.36. The van der Waals surface area contributed by atoms with Gasteiger partial charge in [-0.05, 0) is 6.07 Å². The van der Waals surface area contributed by atoms with Crippen LogP contribution in [0.4, 0.5) is 13.2 Å².